The third-order valence-electron chi connectivity index (χ3n) is 3.59. The zero-order chi connectivity index (χ0) is 19.3. The van der Waals surface area contributed by atoms with Crippen molar-refractivity contribution in [3.63, 3.8) is 0 Å². The van der Waals surface area contributed by atoms with E-state index in [1.807, 2.05) is 121 Å². The highest BCUT2D eigenvalue weighted by Crippen LogP contribution is 2.17. The molecule has 0 aliphatic heterocycles. The van der Waals surface area contributed by atoms with Gasteiger partial charge >= 0.3 is 0 Å². The summed E-state index contributed by atoms with van der Waals surface area (Å²) in [4.78, 5) is 0. The van der Waals surface area contributed by atoms with Crippen LogP contribution in [0.3, 0.4) is 0 Å². The molecule has 0 radical (unpaired) electrons. The highest BCUT2D eigenvalue weighted by molar-refractivity contribution is 5.40. The van der Waals surface area contributed by atoms with Gasteiger partial charge in [0.05, 0.1) is 22.7 Å². The maximum Gasteiger partial charge on any atom is 0.0857 e. The van der Waals surface area contributed by atoms with Crippen molar-refractivity contribution in [2.75, 3.05) is 0 Å². The van der Waals surface area contributed by atoms with E-state index < -0.39 is 0 Å². The summed E-state index contributed by atoms with van der Waals surface area (Å²) < 4.78 is 0. The number of hydrogen-bond acceptors (Lipinski definition) is 4. The Morgan fingerprint density at radius 2 is 0.429 bits per heavy atom. The lowest BCUT2D eigenvalue weighted by atomic mass is 10.3. The van der Waals surface area contributed by atoms with E-state index in [9.17, 15) is 0 Å². The molecule has 136 valence electrons. The molecule has 0 atom stereocenters. The molecule has 0 spiro atoms. The first-order valence-electron chi connectivity index (χ1n) is 8.94. The summed E-state index contributed by atoms with van der Waals surface area (Å²) in [5.41, 5.74) is 3.49. The van der Waals surface area contributed by atoms with Gasteiger partial charge in [0.1, 0.15) is 0 Å². The fraction of sp³-hybridized carbons (Fsp3) is 0. The maximum absolute atomic E-state index is 4.10. The molecule has 0 saturated heterocycles. The van der Waals surface area contributed by atoms with Crippen molar-refractivity contribution in [3.8, 4) is 0 Å². The molecule has 4 rings (SSSR count). The van der Waals surface area contributed by atoms with Crippen LogP contribution >= 0.6 is 0 Å². The Labute approximate surface area is 165 Å². The minimum absolute atomic E-state index is 0.872. The van der Waals surface area contributed by atoms with Crippen molar-refractivity contribution in [1.82, 2.24) is 0 Å². The zero-order valence-electron chi connectivity index (χ0n) is 15.3. The molecule has 0 amide bonds. The fourth-order valence-corrected chi connectivity index (χ4v) is 2.21. The number of azo groups is 2. The van der Waals surface area contributed by atoms with Gasteiger partial charge in [-0.05, 0) is 48.5 Å². The van der Waals surface area contributed by atoms with Crippen molar-refractivity contribution in [1.29, 1.82) is 0 Å². The Morgan fingerprint density at radius 3 is 0.607 bits per heavy atom. The normalized spacial score (nSPS) is 10.6. The second-order valence-electron chi connectivity index (χ2n) is 5.74. The monoisotopic (exact) mass is 364 g/mol. The number of benzene rings is 4. The minimum Gasteiger partial charge on any atom is -0.151 e. The Balaban J connectivity index is 0.000000161. The van der Waals surface area contributed by atoms with Crippen molar-refractivity contribution in [2.24, 2.45) is 20.5 Å². The third kappa shape index (κ3) is 6.77. The fourth-order valence-electron chi connectivity index (χ4n) is 2.21. The van der Waals surface area contributed by atoms with Crippen molar-refractivity contribution >= 4 is 22.7 Å². The molecule has 0 fully saturated rings. The van der Waals surface area contributed by atoms with Crippen LogP contribution in [0.1, 0.15) is 0 Å². The Bertz CT molecular complexity index is 816. The van der Waals surface area contributed by atoms with Crippen LogP contribution in [-0.2, 0) is 0 Å². The highest BCUT2D eigenvalue weighted by Gasteiger charge is 1.87. The Morgan fingerprint density at radius 1 is 0.250 bits per heavy atom. The van der Waals surface area contributed by atoms with Gasteiger partial charge in [-0.15, -0.1) is 0 Å². The number of rotatable bonds is 4. The first-order valence-corrected chi connectivity index (χ1v) is 8.94. The molecule has 0 unspecified atom stereocenters. The van der Waals surface area contributed by atoms with Gasteiger partial charge in [0, 0.05) is 0 Å². The highest BCUT2D eigenvalue weighted by atomic mass is 15.1. The van der Waals surface area contributed by atoms with E-state index in [4.69, 9.17) is 0 Å². The van der Waals surface area contributed by atoms with Gasteiger partial charge in [0.15, 0.2) is 0 Å². The first-order chi connectivity index (χ1) is 13.9. The van der Waals surface area contributed by atoms with E-state index in [1.165, 1.54) is 0 Å². The van der Waals surface area contributed by atoms with E-state index in [-0.39, 0.29) is 0 Å². The summed E-state index contributed by atoms with van der Waals surface area (Å²) in [6.45, 7) is 0. The van der Waals surface area contributed by atoms with E-state index in [2.05, 4.69) is 20.5 Å². The van der Waals surface area contributed by atoms with Crippen molar-refractivity contribution in [3.05, 3.63) is 121 Å². The molecule has 4 heteroatoms. The molecule has 28 heavy (non-hydrogen) atoms. The summed E-state index contributed by atoms with van der Waals surface area (Å²) in [7, 11) is 0. The number of hydrogen-bond donors (Lipinski definition) is 0. The first kappa shape index (κ1) is 18.9. The zero-order valence-corrected chi connectivity index (χ0v) is 15.3. The third-order valence-corrected chi connectivity index (χ3v) is 3.59. The predicted octanol–water partition coefficient (Wildman–Crippen LogP) is 8.20. The summed E-state index contributed by atoms with van der Waals surface area (Å²) in [6, 6.07) is 38.8. The van der Waals surface area contributed by atoms with Gasteiger partial charge in [0.2, 0.25) is 0 Å². The van der Waals surface area contributed by atoms with Crippen LogP contribution in [0.4, 0.5) is 22.7 Å². The van der Waals surface area contributed by atoms with Crippen molar-refractivity contribution in [2.45, 2.75) is 0 Å². The average molecular weight is 364 g/mol. The quantitative estimate of drug-likeness (QED) is 0.328. The van der Waals surface area contributed by atoms with Gasteiger partial charge in [0.25, 0.3) is 0 Å². The molecular weight excluding hydrogens is 344 g/mol. The van der Waals surface area contributed by atoms with Crippen molar-refractivity contribution < 1.29 is 0 Å². The molecule has 0 N–H and O–H groups in total. The predicted molar refractivity (Wildman–Crippen MR) is 114 cm³/mol. The molecule has 0 aliphatic rings. The SMILES string of the molecule is c1ccc(N=Nc2ccccc2)cc1.c1ccc(N=Nc2ccccc2)cc1. The Kier molecular flexibility index (Phi) is 7.36. The van der Waals surface area contributed by atoms with Crippen LogP contribution in [-0.4, -0.2) is 0 Å². The summed E-state index contributed by atoms with van der Waals surface area (Å²) >= 11 is 0. The van der Waals surface area contributed by atoms with Crippen LogP contribution in [0.15, 0.2) is 142 Å². The van der Waals surface area contributed by atoms with Gasteiger partial charge < -0.3 is 0 Å². The summed E-state index contributed by atoms with van der Waals surface area (Å²) in [5, 5.41) is 16.4. The van der Waals surface area contributed by atoms with Crippen LogP contribution in [0, 0.1) is 0 Å². The molecule has 0 aromatic heterocycles. The van der Waals surface area contributed by atoms with Crippen LogP contribution < -0.4 is 0 Å². The second kappa shape index (κ2) is 10.9. The lowest BCUT2D eigenvalue weighted by Gasteiger charge is -1.91. The average Bonchev–Trinajstić information content (AvgIpc) is 2.80. The summed E-state index contributed by atoms with van der Waals surface area (Å²) in [5.74, 6) is 0. The van der Waals surface area contributed by atoms with E-state index in [0.717, 1.165) is 22.7 Å². The topological polar surface area (TPSA) is 49.4 Å². The van der Waals surface area contributed by atoms with E-state index in [0.29, 0.717) is 0 Å². The van der Waals surface area contributed by atoms with Crippen LogP contribution in [0.2, 0.25) is 0 Å². The van der Waals surface area contributed by atoms with Gasteiger partial charge in [-0.3, -0.25) is 0 Å². The minimum atomic E-state index is 0.872. The molecule has 4 aromatic carbocycles. The largest absolute Gasteiger partial charge is 0.151 e. The molecule has 4 nitrogen and oxygen atoms in total. The molecule has 0 heterocycles. The smallest absolute Gasteiger partial charge is 0.0857 e. The van der Waals surface area contributed by atoms with Gasteiger partial charge in [-0.1, -0.05) is 72.8 Å². The van der Waals surface area contributed by atoms with Crippen LogP contribution in [0.25, 0.3) is 0 Å². The second-order valence-corrected chi connectivity index (χ2v) is 5.74. The number of nitrogens with zero attached hydrogens (tertiary/aromatic N) is 4. The van der Waals surface area contributed by atoms with E-state index >= 15 is 0 Å². The molecular formula is C24H20N4. The molecule has 0 bridgehead atoms. The standard InChI is InChI=1S/2C12H10N2/c2*1-3-7-11(8-4-1)13-14-12-9-5-2-6-10-12/h2*1-10H. The molecule has 4 aromatic rings. The van der Waals surface area contributed by atoms with E-state index in [1.54, 1.807) is 0 Å². The molecule has 0 saturated carbocycles. The lowest BCUT2D eigenvalue weighted by molar-refractivity contribution is 1.23. The maximum atomic E-state index is 4.10. The lowest BCUT2D eigenvalue weighted by Crippen LogP contribution is -1.62. The molecule has 0 aliphatic carbocycles. The summed E-state index contributed by atoms with van der Waals surface area (Å²) in [6.07, 6.45) is 0. The van der Waals surface area contributed by atoms with Crippen LogP contribution in [0.5, 0.6) is 0 Å². The Hall–Kier alpha value is -3.92. The van der Waals surface area contributed by atoms with Gasteiger partial charge in [-0.25, -0.2) is 0 Å². The van der Waals surface area contributed by atoms with Gasteiger partial charge in [-0.2, -0.15) is 20.5 Å².